The Balaban J connectivity index is 1.95. The van der Waals surface area contributed by atoms with Gasteiger partial charge in [-0.1, -0.05) is 58.7 Å². The van der Waals surface area contributed by atoms with Crippen molar-refractivity contribution in [2.45, 2.75) is 19.8 Å². The molecule has 1 aliphatic rings. The maximum atomic E-state index is 12.7. The molecule has 0 radical (unpaired) electrons. The van der Waals surface area contributed by atoms with E-state index >= 15 is 0 Å². The summed E-state index contributed by atoms with van der Waals surface area (Å²) in [5.74, 6) is -0.811. The van der Waals surface area contributed by atoms with Crippen molar-refractivity contribution in [2.75, 3.05) is 5.75 Å². The maximum absolute atomic E-state index is 12.7. The molecule has 0 saturated heterocycles. The zero-order valence-electron chi connectivity index (χ0n) is 16.6. The normalized spacial score (nSPS) is 16.1. The minimum Gasteiger partial charge on any atom is -0.353 e. The van der Waals surface area contributed by atoms with Gasteiger partial charge in [-0.15, -0.1) is 0 Å². The number of allylic oxidation sites excluding steroid dienone is 3. The summed E-state index contributed by atoms with van der Waals surface area (Å²) in [6, 6.07) is 14.0. The van der Waals surface area contributed by atoms with E-state index in [4.69, 9.17) is 34.8 Å². The first-order valence-corrected chi connectivity index (χ1v) is 11.3. The van der Waals surface area contributed by atoms with Crippen molar-refractivity contribution in [1.29, 1.82) is 5.26 Å². The van der Waals surface area contributed by atoms with Gasteiger partial charge in [-0.05, 0) is 49.7 Å². The van der Waals surface area contributed by atoms with Crippen molar-refractivity contribution in [3.05, 3.63) is 90.5 Å². The van der Waals surface area contributed by atoms with E-state index in [0.717, 1.165) is 5.56 Å². The molecular formula is C23H17Cl3N2O2S. The fourth-order valence-electron chi connectivity index (χ4n) is 3.41. The van der Waals surface area contributed by atoms with E-state index in [1.165, 1.54) is 24.8 Å². The summed E-state index contributed by atoms with van der Waals surface area (Å²) in [5, 5.41) is 14.9. The zero-order valence-corrected chi connectivity index (χ0v) is 19.7. The highest BCUT2D eigenvalue weighted by Crippen LogP contribution is 2.41. The Morgan fingerprint density at radius 2 is 1.74 bits per heavy atom. The van der Waals surface area contributed by atoms with Crippen LogP contribution in [0.4, 0.5) is 0 Å². The lowest BCUT2D eigenvalue weighted by molar-refractivity contribution is -0.113. The molecule has 31 heavy (non-hydrogen) atoms. The first-order valence-electron chi connectivity index (χ1n) is 9.22. The van der Waals surface area contributed by atoms with Crippen LogP contribution in [0.15, 0.2) is 64.3 Å². The number of dihydropyridines is 1. The van der Waals surface area contributed by atoms with E-state index in [2.05, 4.69) is 11.4 Å². The van der Waals surface area contributed by atoms with Crippen molar-refractivity contribution in [3.63, 3.8) is 0 Å². The Kier molecular flexibility index (Phi) is 7.51. The van der Waals surface area contributed by atoms with Gasteiger partial charge in [-0.25, -0.2) is 0 Å². The van der Waals surface area contributed by atoms with Gasteiger partial charge >= 0.3 is 0 Å². The SMILES string of the molecule is CC(=O)C1=C(C)NC(SCC(=O)c2ccc(Cl)cc2Cl)=C(C#N)C1c1ccc(Cl)cc1. The molecule has 1 heterocycles. The molecule has 0 aromatic heterocycles. The number of hydrogen-bond acceptors (Lipinski definition) is 5. The van der Waals surface area contributed by atoms with Crippen molar-refractivity contribution >= 4 is 58.1 Å². The topological polar surface area (TPSA) is 70.0 Å². The van der Waals surface area contributed by atoms with Gasteiger partial charge in [0.1, 0.15) is 0 Å². The molecule has 0 saturated carbocycles. The van der Waals surface area contributed by atoms with Crippen molar-refractivity contribution in [1.82, 2.24) is 5.32 Å². The predicted octanol–water partition coefficient (Wildman–Crippen LogP) is 6.55. The van der Waals surface area contributed by atoms with Gasteiger partial charge in [-0.3, -0.25) is 9.59 Å². The summed E-state index contributed by atoms with van der Waals surface area (Å²) in [5.41, 5.74) is 2.66. The number of carbonyl (C=O) groups excluding carboxylic acids is 2. The van der Waals surface area contributed by atoms with Crippen LogP contribution in [0.2, 0.25) is 15.1 Å². The van der Waals surface area contributed by atoms with Gasteiger partial charge in [0.05, 0.1) is 33.4 Å². The molecule has 1 atom stereocenters. The van der Waals surface area contributed by atoms with Crippen LogP contribution in [0.3, 0.4) is 0 Å². The summed E-state index contributed by atoms with van der Waals surface area (Å²) >= 11 is 19.3. The first kappa shape index (κ1) is 23.4. The van der Waals surface area contributed by atoms with Gasteiger partial charge in [0.25, 0.3) is 0 Å². The van der Waals surface area contributed by atoms with Gasteiger partial charge < -0.3 is 5.32 Å². The Bertz CT molecular complexity index is 1160. The average Bonchev–Trinajstić information content (AvgIpc) is 2.71. The molecule has 1 aliphatic heterocycles. The number of benzene rings is 2. The lowest BCUT2D eigenvalue weighted by atomic mass is 9.81. The molecule has 2 aromatic rings. The molecule has 158 valence electrons. The second-order valence-electron chi connectivity index (χ2n) is 6.90. The standard InChI is InChI=1S/C23H17Cl3N2O2S/c1-12-21(13(2)29)22(14-3-5-15(24)6-4-14)18(10-27)23(28-12)31-11-20(30)17-8-7-16(25)9-19(17)26/h3-9,22,28H,11H2,1-2H3. The monoisotopic (exact) mass is 490 g/mol. The Morgan fingerprint density at radius 1 is 1.10 bits per heavy atom. The molecule has 8 heteroatoms. The van der Waals surface area contributed by atoms with E-state index in [1.54, 1.807) is 43.3 Å². The first-order chi connectivity index (χ1) is 14.7. The molecule has 1 N–H and O–H groups in total. The fourth-order valence-corrected chi connectivity index (χ4v) is 5.03. The highest BCUT2D eigenvalue weighted by atomic mass is 35.5. The van der Waals surface area contributed by atoms with Crippen molar-refractivity contribution in [3.8, 4) is 6.07 Å². The van der Waals surface area contributed by atoms with E-state index in [9.17, 15) is 14.9 Å². The highest BCUT2D eigenvalue weighted by molar-refractivity contribution is 8.03. The number of Topliss-reactive ketones (excluding diaryl/α,β-unsaturated/α-hetero) is 2. The third-order valence-electron chi connectivity index (χ3n) is 4.81. The number of nitrogens with one attached hydrogen (secondary N) is 1. The second-order valence-corrected chi connectivity index (χ2v) is 9.16. The number of nitrogens with zero attached hydrogens (tertiary/aromatic N) is 1. The molecule has 0 spiro atoms. The van der Waals surface area contributed by atoms with Crippen LogP contribution in [-0.2, 0) is 4.79 Å². The number of nitriles is 1. The third kappa shape index (κ3) is 5.16. The van der Waals surface area contributed by atoms with Crippen LogP contribution in [0.25, 0.3) is 0 Å². The molecule has 1 unspecified atom stereocenters. The van der Waals surface area contributed by atoms with Crippen LogP contribution < -0.4 is 5.32 Å². The van der Waals surface area contributed by atoms with E-state index in [-0.39, 0.29) is 22.3 Å². The molecule has 0 aliphatic carbocycles. The molecule has 2 aromatic carbocycles. The lowest BCUT2D eigenvalue weighted by Crippen LogP contribution is -2.27. The zero-order chi connectivity index (χ0) is 22.7. The van der Waals surface area contributed by atoms with Gasteiger partial charge in [0.2, 0.25) is 0 Å². The molecule has 0 amide bonds. The summed E-state index contributed by atoms with van der Waals surface area (Å²) < 4.78 is 0. The van der Waals surface area contributed by atoms with Gasteiger partial charge in [0.15, 0.2) is 11.6 Å². The van der Waals surface area contributed by atoms with Crippen molar-refractivity contribution < 1.29 is 9.59 Å². The van der Waals surface area contributed by atoms with Gasteiger partial charge in [0, 0.05) is 26.9 Å². The molecule has 3 rings (SSSR count). The van der Waals surface area contributed by atoms with E-state index in [0.29, 0.717) is 37.5 Å². The minimum absolute atomic E-state index is 0.0604. The van der Waals surface area contributed by atoms with Crippen LogP contribution in [0.5, 0.6) is 0 Å². The summed E-state index contributed by atoms with van der Waals surface area (Å²) in [7, 11) is 0. The summed E-state index contributed by atoms with van der Waals surface area (Å²) in [4.78, 5) is 25.1. The third-order valence-corrected chi connectivity index (χ3v) is 6.63. The number of halogens is 3. The summed E-state index contributed by atoms with van der Waals surface area (Å²) in [6.07, 6.45) is 0. The van der Waals surface area contributed by atoms with E-state index < -0.39 is 5.92 Å². The van der Waals surface area contributed by atoms with Crippen LogP contribution in [0.1, 0.15) is 35.7 Å². The average molecular weight is 492 g/mol. The lowest BCUT2D eigenvalue weighted by Gasteiger charge is -2.29. The van der Waals surface area contributed by atoms with Crippen molar-refractivity contribution in [2.24, 2.45) is 0 Å². The number of hydrogen-bond donors (Lipinski definition) is 1. The quantitative estimate of drug-likeness (QED) is 0.464. The molecule has 0 bridgehead atoms. The molecular weight excluding hydrogens is 475 g/mol. The molecule has 4 nitrogen and oxygen atoms in total. The highest BCUT2D eigenvalue weighted by Gasteiger charge is 2.33. The smallest absolute Gasteiger partial charge is 0.174 e. The minimum atomic E-state index is -0.544. The number of rotatable bonds is 6. The van der Waals surface area contributed by atoms with E-state index in [1.807, 2.05) is 0 Å². The number of carbonyl (C=O) groups is 2. The Labute approximate surface area is 199 Å². The largest absolute Gasteiger partial charge is 0.353 e. The molecule has 0 fully saturated rings. The maximum Gasteiger partial charge on any atom is 0.174 e. The van der Waals surface area contributed by atoms with Crippen LogP contribution >= 0.6 is 46.6 Å². The summed E-state index contributed by atoms with van der Waals surface area (Å²) in [6.45, 7) is 3.26. The fraction of sp³-hybridized carbons (Fsp3) is 0.174. The number of thioether (sulfide) groups is 1. The van der Waals surface area contributed by atoms with Crippen LogP contribution in [0, 0.1) is 11.3 Å². The van der Waals surface area contributed by atoms with Gasteiger partial charge in [-0.2, -0.15) is 5.26 Å². The Hall–Kier alpha value is -2.23. The number of ketones is 2. The predicted molar refractivity (Wildman–Crippen MR) is 127 cm³/mol. The Morgan fingerprint density at radius 3 is 2.32 bits per heavy atom. The second kappa shape index (κ2) is 9.93. The van der Waals surface area contributed by atoms with Crippen LogP contribution in [-0.4, -0.2) is 17.3 Å².